The number of hydrogen-bond acceptors (Lipinski definition) is 3. The second-order valence-electron chi connectivity index (χ2n) is 4.15. The SMILES string of the molecule is O=C1CS(=O)(=O)CC(Cc2ccc(Cl)cc2)N1. The van der Waals surface area contributed by atoms with Crippen molar-refractivity contribution in [2.24, 2.45) is 0 Å². The third-order valence-electron chi connectivity index (χ3n) is 2.57. The second kappa shape index (κ2) is 4.66. The molecular weight excluding hydrogens is 262 g/mol. The Kier molecular flexibility index (Phi) is 3.40. The van der Waals surface area contributed by atoms with Crippen LogP contribution in [0.3, 0.4) is 0 Å². The van der Waals surface area contributed by atoms with Gasteiger partial charge in [-0.25, -0.2) is 8.42 Å². The van der Waals surface area contributed by atoms with Crippen LogP contribution in [0, 0.1) is 0 Å². The maximum absolute atomic E-state index is 11.4. The number of nitrogens with one attached hydrogen (secondary N) is 1. The summed E-state index contributed by atoms with van der Waals surface area (Å²) in [5.41, 5.74) is 0.955. The average molecular weight is 274 g/mol. The molecule has 0 radical (unpaired) electrons. The molecule has 1 N–H and O–H groups in total. The third kappa shape index (κ3) is 3.44. The number of sulfone groups is 1. The van der Waals surface area contributed by atoms with E-state index in [9.17, 15) is 13.2 Å². The Morgan fingerprint density at radius 1 is 1.29 bits per heavy atom. The zero-order chi connectivity index (χ0) is 12.5. The molecule has 1 saturated heterocycles. The van der Waals surface area contributed by atoms with E-state index in [0.29, 0.717) is 11.4 Å². The predicted octanol–water partition coefficient (Wildman–Crippen LogP) is 0.796. The van der Waals surface area contributed by atoms with Gasteiger partial charge in [0.2, 0.25) is 5.91 Å². The molecule has 4 nitrogen and oxygen atoms in total. The van der Waals surface area contributed by atoms with Crippen molar-refractivity contribution in [2.45, 2.75) is 12.5 Å². The van der Waals surface area contributed by atoms with E-state index in [1.54, 1.807) is 12.1 Å². The molecule has 2 rings (SSSR count). The fourth-order valence-electron chi connectivity index (χ4n) is 1.89. The van der Waals surface area contributed by atoms with Crippen LogP contribution in [0.5, 0.6) is 0 Å². The normalized spacial score (nSPS) is 23.1. The molecule has 1 aromatic rings. The molecule has 0 aliphatic carbocycles. The highest BCUT2D eigenvalue weighted by molar-refractivity contribution is 7.92. The lowest BCUT2D eigenvalue weighted by molar-refractivity contribution is -0.119. The van der Waals surface area contributed by atoms with Gasteiger partial charge < -0.3 is 5.32 Å². The first kappa shape index (κ1) is 12.4. The van der Waals surface area contributed by atoms with Crippen molar-refractivity contribution in [3.05, 3.63) is 34.9 Å². The van der Waals surface area contributed by atoms with Crippen LogP contribution in [0.4, 0.5) is 0 Å². The van der Waals surface area contributed by atoms with Crippen molar-refractivity contribution in [1.29, 1.82) is 0 Å². The Bertz CT molecular complexity index is 524. The topological polar surface area (TPSA) is 63.2 Å². The number of hydrogen-bond donors (Lipinski definition) is 1. The van der Waals surface area contributed by atoms with Crippen LogP contribution in [0.1, 0.15) is 5.56 Å². The molecule has 0 aromatic heterocycles. The van der Waals surface area contributed by atoms with E-state index in [1.165, 1.54) is 0 Å². The third-order valence-corrected chi connectivity index (χ3v) is 4.43. The van der Waals surface area contributed by atoms with Gasteiger partial charge in [0, 0.05) is 11.1 Å². The lowest BCUT2D eigenvalue weighted by Crippen LogP contribution is -2.49. The van der Waals surface area contributed by atoms with Crippen LogP contribution in [-0.2, 0) is 21.1 Å². The summed E-state index contributed by atoms with van der Waals surface area (Å²) in [6.45, 7) is 0. The molecule has 1 amide bonds. The van der Waals surface area contributed by atoms with Crippen molar-refractivity contribution >= 4 is 27.3 Å². The van der Waals surface area contributed by atoms with Crippen LogP contribution in [0.2, 0.25) is 5.02 Å². The van der Waals surface area contributed by atoms with Crippen molar-refractivity contribution in [2.75, 3.05) is 11.5 Å². The second-order valence-corrected chi connectivity index (χ2v) is 6.70. The van der Waals surface area contributed by atoms with E-state index in [2.05, 4.69) is 5.32 Å². The largest absolute Gasteiger partial charge is 0.351 e. The van der Waals surface area contributed by atoms with E-state index in [0.717, 1.165) is 5.56 Å². The molecule has 1 fully saturated rings. The Hall–Kier alpha value is -1.07. The van der Waals surface area contributed by atoms with Gasteiger partial charge in [0.25, 0.3) is 0 Å². The molecule has 0 bridgehead atoms. The first-order chi connectivity index (χ1) is 7.94. The number of carbonyl (C=O) groups excluding carboxylic acids is 1. The quantitative estimate of drug-likeness (QED) is 0.867. The number of carbonyl (C=O) groups is 1. The summed E-state index contributed by atoms with van der Waals surface area (Å²) < 4.78 is 22.9. The minimum absolute atomic E-state index is 0.00136. The maximum Gasteiger partial charge on any atom is 0.235 e. The molecule has 0 spiro atoms. The molecule has 92 valence electrons. The molecule has 1 aliphatic rings. The standard InChI is InChI=1S/C11H12ClNO3S/c12-9-3-1-8(2-4-9)5-10-6-17(15,16)7-11(14)13-10/h1-4,10H,5-7H2,(H,13,14). The van der Waals surface area contributed by atoms with Crippen LogP contribution < -0.4 is 5.32 Å². The smallest absolute Gasteiger partial charge is 0.235 e. The van der Waals surface area contributed by atoms with Gasteiger partial charge in [0.1, 0.15) is 5.75 Å². The highest BCUT2D eigenvalue weighted by Crippen LogP contribution is 2.13. The lowest BCUT2D eigenvalue weighted by atomic mass is 10.1. The lowest BCUT2D eigenvalue weighted by Gasteiger charge is -2.23. The van der Waals surface area contributed by atoms with Gasteiger partial charge in [-0.3, -0.25) is 4.79 Å². The van der Waals surface area contributed by atoms with Crippen LogP contribution in [-0.4, -0.2) is 31.9 Å². The number of amides is 1. The summed E-state index contributed by atoms with van der Waals surface area (Å²) in [6, 6.07) is 6.81. The van der Waals surface area contributed by atoms with Gasteiger partial charge >= 0.3 is 0 Å². The van der Waals surface area contributed by atoms with Gasteiger partial charge in [0.15, 0.2) is 9.84 Å². The van der Waals surface area contributed by atoms with E-state index in [-0.39, 0.29) is 11.8 Å². The summed E-state index contributed by atoms with van der Waals surface area (Å²) >= 11 is 5.76. The molecule has 0 saturated carbocycles. The molecule has 1 heterocycles. The molecule has 1 aromatic carbocycles. The average Bonchev–Trinajstić information content (AvgIpc) is 2.18. The van der Waals surface area contributed by atoms with E-state index in [1.807, 2.05) is 12.1 Å². The highest BCUT2D eigenvalue weighted by Gasteiger charge is 2.29. The Labute approximate surface area is 105 Å². The molecule has 1 unspecified atom stereocenters. The maximum atomic E-state index is 11.4. The van der Waals surface area contributed by atoms with Crippen molar-refractivity contribution < 1.29 is 13.2 Å². The Balaban J connectivity index is 2.08. The number of halogens is 1. The summed E-state index contributed by atoms with van der Waals surface area (Å²) in [6.07, 6.45) is 0.502. The van der Waals surface area contributed by atoms with E-state index in [4.69, 9.17) is 11.6 Å². The van der Waals surface area contributed by atoms with Crippen LogP contribution in [0.25, 0.3) is 0 Å². The summed E-state index contributed by atoms with van der Waals surface area (Å²) in [5, 5.41) is 3.32. The van der Waals surface area contributed by atoms with E-state index < -0.39 is 21.5 Å². The molecule has 17 heavy (non-hydrogen) atoms. The highest BCUT2D eigenvalue weighted by atomic mass is 35.5. The summed E-state index contributed by atoms with van der Waals surface area (Å²) in [4.78, 5) is 11.2. The minimum atomic E-state index is -3.25. The van der Waals surface area contributed by atoms with Crippen molar-refractivity contribution in [1.82, 2.24) is 5.32 Å². The van der Waals surface area contributed by atoms with Crippen molar-refractivity contribution in [3.8, 4) is 0 Å². The molecule has 6 heteroatoms. The predicted molar refractivity (Wildman–Crippen MR) is 65.7 cm³/mol. The van der Waals surface area contributed by atoms with Gasteiger partial charge in [-0.2, -0.15) is 0 Å². The summed E-state index contributed by atoms with van der Waals surface area (Å²) in [7, 11) is -3.25. The van der Waals surface area contributed by atoms with Gasteiger partial charge in [-0.1, -0.05) is 23.7 Å². The van der Waals surface area contributed by atoms with Gasteiger partial charge in [0.05, 0.1) is 5.75 Å². The molecular formula is C11H12ClNO3S. The minimum Gasteiger partial charge on any atom is -0.351 e. The van der Waals surface area contributed by atoms with Crippen molar-refractivity contribution in [3.63, 3.8) is 0 Å². The van der Waals surface area contributed by atoms with Crippen LogP contribution in [0.15, 0.2) is 24.3 Å². The Morgan fingerprint density at radius 3 is 2.53 bits per heavy atom. The fourth-order valence-corrected chi connectivity index (χ4v) is 3.43. The summed E-state index contributed by atoms with van der Waals surface area (Å²) in [5.74, 6) is -0.818. The van der Waals surface area contributed by atoms with Gasteiger partial charge in [-0.15, -0.1) is 0 Å². The Morgan fingerprint density at radius 2 is 1.94 bits per heavy atom. The number of rotatable bonds is 2. The number of benzene rings is 1. The zero-order valence-electron chi connectivity index (χ0n) is 9.02. The van der Waals surface area contributed by atoms with E-state index >= 15 is 0 Å². The molecule has 1 atom stereocenters. The van der Waals surface area contributed by atoms with Gasteiger partial charge in [-0.05, 0) is 24.1 Å². The fraction of sp³-hybridized carbons (Fsp3) is 0.364. The monoisotopic (exact) mass is 273 g/mol. The first-order valence-electron chi connectivity index (χ1n) is 5.19. The zero-order valence-corrected chi connectivity index (χ0v) is 10.6. The first-order valence-corrected chi connectivity index (χ1v) is 7.39. The molecule has 1 aliphatic heterocycles. The van der Waals surface area contributed by atoms with Crippen LogP contribution >= 0.6 is 11.6 Å².